The first-order chi connectivity index (χ1) is 9.15. The van der Waals surface area contributed by atoms with E-state index in [1.807, 2.05) is 24.3 Å². The van der Waals surface area contributed by atoms with E-state index < -0.39 is 0 Å². The Balaban J connectivity index is 1.81. The van der Waals surface area contributed by atoms with Gasteiger partial charge >= 0.3 is 0 Å². The summed E-state index contributed by atoms with van der Waals surface area (Å²) in [6, 6.07) is 12.2. The van der Waals surface area contributed by atoms with Gasteiger partial charge in [0, 0.05) is 17.1 Å². The molecule has 0 aliphatic carbocycles. The van der Waals surface area contributed by atoms with Crippen LogP contribution in [0, 0.1) is 0 Å². The highest BCUT2D eigenvalue weighted by atomic mass is 79.9. The van der Waals surface area contributed by atoms with Crippen molar-refractivity contribution in [1.82, 2.24) is 4.90 Å². The Bertz CT molecular complexity index is 499. The molecular formula is C15H19BrN2O. The van der Waals surface area contributed by atoms with Crippen LogP contribution in [0.25, 0.3) is 0 Å². The van der Waals surface area contributed by atoms with Crippen LogP contribution in [0.2, 0.25) is 0 Å². The first-order valence-corrected chi connectivity index (χ1v) is 7.16. The van der Waals surface area contributed by atoms with Gasteiger partial charge in [-0.15, -0.1) is 0 Å². The average molecular weight is 323 g/mol. The molecule has 0 saturated heterocycles. The van der Waals surface area contributed by atoms with Crippen LogP contribution in [0.1, 0.15) is 23.8 Å². The van der Waals surface area contributed by atoms with Crippen molar-refractivity contribution in [3.8, 4) is 0 Å². The van der Waals surface area contributed by atoms with E-state index in [0.717, 1.165) is 29.7 Å². The molecule has 102 valence electrons. The molecule has 1 unspecified atom stereocenters. The van der Waals surface area contributed by atoms with E-state index >= 15 is 0 Å². The number of rotatable bonds is 6. The molecule has 0 fully saturated rings. The molecule has 1 aromatic carbocycles. The highest BCUT2D eigenvalue weighted by molar-refractivity contribution is 9.10. The minimum Gasteiger partial charge on any atom is -0.468 e. The van der Waals surface area contributed by atoms with Gasteiger partial charge in [-0.1, -0.05) is 28.1 Å². The monoisotopic (exact) mass is 322 g/mol. The lowest BCUT2D eigenvalue weighted by molar-refractivity contribution is 0.284. The Morgan fingerprint density at radius 2 is 2.16 bits per heavy atom. The molecule has 0 bridgehead atoms. The van der Waals surface area contributed by atoms with Crippen LogP contribution in [0.15, 0.2) is 51.6 Å². The maximum absolute atomic E-state index is 6.21. The Labute approximate surface area is 122 Å². The molecule has 0 spiro atoms. The van der Waals surface area contributed by atoms with Crippen LogP contribution in [-0.4, -0.2) is 18.5 Å². The SMILES string of the molecule is CN(CCC(N)c1cccc(Br)c1)Cc1ccco1. The summed E-state index contributed by atoms with van der Waals surface area (Å²) in [5, 5.41) is 0. The lowest BCUT2D eigenvalue weighted by atomic mass is 10.0. The Kier molecular flexibility index (Phi) is 5.19. The molecule has 1 atom stereocenters. The third-order valence-electron chi connectivity index (χ3n) is 3.10. The average Bonchev–Trinajstić information content (AvgIpc) is 2.88. The smallest absolute Gasteiger partial charge is 0.117 e. The minimum absolute atomic E-state index is 0.0663. The predicted octanol–water partition coefficient (Wildman–Crippen LogP) is 3.56. The predicted molar refractivity (Wildman–Crippen MR) is 80.7 cm³/mol. The van der Waals surface area contributed by atoms with E-state index in [1.54, 1.807) is 6.26 Å². The van der Waals surface area contributed by atoms with E-state index in [-0.39, 0.29) is 6.04 Å². The van der Waals surface area contributed by atoms with Gasteiger partial charge < -0.3 is 10.2 Å². The van der Waals surface area contributed by atoms with E-state index in [0.29, 0.717) is 0 Å². The summed E-state index contributed by atoms with van der Waals surface area (Å²) in [6.45, 7) is 1.76. The summed E-state index contributed by atoms with van der Waals surface area (Å²) < 4.78 is 6.41. The second kappa shape index (κ2) is 6.89. The highest BCUT2D eigenvalue weighted by Gasteiger charge is 2.09. The van der Waals surface area contributed by atoms with Gasteiger partial charge in [-0.2, -0.15) is 0 Å². The number of nitrogens with zero attached hydrogens (tertiary/aromatic N) is 1. The zero-order valence-electron chi connectivity index (χ0n) is 11.1. The largest absolute Gasteiger partial charge is 0.468 e. The van der Waals surface area contributed by atoms with Crippen molar-refractivity contribution in [2.24, 2.45) is 5.73 Å². The quantitative estimate of drug-likeness (QED) is 0.884. The fourth-order valence-corrected chi connectivity index (χ4v) is 2.43. The molecule has 0 radical (unpaired) electrons. The molecule has 1 aromatic heterocycles. The third-order valence-corrected chi connectivity index (χ3v) is 3.60. The van der Waals surface area contributed by atoms with Gasteiger partial charge in [0.1, 0.15) is 5.76 Å². The lowest BCUT2D eigenvalue weighted by Crippen LogP contribution is -2.23. The Morgan fingerprint density at radius 1 is 1.32 bits per heavy atom. The van der Waals surface area contributed by atoms with Gasteiger partial charge in [-0.25, -0.2) is 0 Å². The van der Waals surface area contributed by atoms with Crippen LogP contribution in [0.3, 0.4) is 0 Å². The summed E-state index contributed by atoms with van der Waals surface area (Å²) in [4.78, 5) is 2.22. The van der Waals surface area contributed by atoms with Gasteiger partial charge in [-0.05, 0) is 43.3 Å². The molecule has 0 aliphatic rings. The molecule has 19 heavy (non-hydrogen) atoms. The molecular weight excluding hydrogens is 304 g/mol. The minimum atomic E-state index is 0.0663. The molecule has 1 heterocycles. The molecule has 2 N–H and O–H groups in total. The van der Waals surface area contributed by atoms with Crippen LogP contribution in [0.4, 0.5) is 0 Å². The molecule has 0 amide bonds. The van der Waals surface area contributed by atoms with Crippen LogP contribution >= 0.6 is 15.9 Å². The maximum Gasteiger partial charge on any atom is 0.117 e. The summed E-state index contributed by atoms with van der Waals surface area (Å²) in [5.74, 6) is 0.985. The van der Waals surface area contributed by atoms with Gasteiger partial charge in [-0.3, -0.25) is 4.90 Å². The number of benzene rings is 1. The molecule has 2 rings (SSSR count). The second-order valence-corrected chi connectivity index (χ2v) is 5.68. The van der Waals surface area contributed by atoms with Crippen LogP contribution in [-0.2, 0) is 6.54 Å². The number of hydrogen-bond acceptors (Lipinski definition) is 3. The molecule has 0 saturated carbocycles. The highest BCUT2D eigenvalue weighted by Crippen LogP contribution is 2.19. The Hall–Kier alpha value is -1.10. The van der Waals surface area contributed by atoms with E-state index in [2.05, 4.69) is 40.0 Å². The number of furan rings is 1. The molecule has 3 nitrogen and oxygen atoms in total. The third kappa shape index (κ3) is 4.49. The summed E-state index contributed by atoms with van der Waals surface area (Å²) in [6.07, 6.45) is 2.63. The van der Waals surface area contributed by atoms with Crippen molar-refractivity contribution < 1.29 is 4.42 Å². The summed E-state index contributed by atoms with van der Waals surface area (Å²) in [7, 11) is 2.08. The normalized spacial score (nSPS) is 12.8. The van der Waals surface area contributed by atoms with Crippen LogP contribution < -0.4 is 5.73 Å². The van der Waals surface area contributed by atoms with Crippen molar-refractivity contribution in [2.75, 3.05) is 13.6 Å². The van der Waals surface area contributed by atoms with Gasteiger partial charge in [0.2, 0.25) is 0 Å². The standard InChI is InChI=1S/C15H19BrN2O/c1-18(11-14-6-3-9-19-14)8-7-15(17)12-4-2-5-13(16)10-12/h2-6,9-10,15H,7-8,11,17H2,1H3. The molecule has 2 aromatic rings. The molecule has 0 aliphatic heterocycles. The lowest BCUT2D eigenvalue weighted by Gasteiger charge is -2.18. The number of nitrogens with two attached hydrogens (primary N) is 1. The van der Waals surface area contributed by atoms with Gasteiger partial charge in [0.05, 0.1) is 12.8 Å². The van der Waals surface area contributed by atoms with Crippen molar-refractivity contribution in [2.45, 2.75) is 19.0 Å². The van der Waals surface area contributed by atoms with Crippen molar-refractivity contribution in [3.63, 3.8) is 0 Å². The van der Waals surface area contributed by atoms with Crippen molar-refractivity contribution >= 4 is 15.9 Å². The van der Waals surface area contributed by atoms with E-state index in [9.17, 15) is 0 Å². The summed E-state index contributed by atoms with van der Waals surface area (Å²) >= 11 is 3.47. The molecule has 4 heteroatoms. The first kappa shape index (κ1) is 14.3. The first-order valence-electron chi connectivity index (χ1n) is 6.37. The topological polar surface area (TPSA) is 42.4 Å². The van der Waals surface area contributed by atoms with Crippen molar-refractivity contribution in [3.05, 3.63) is 58.5 Å². The zero-order chi connectivity index (χ0) is 13.7. The van der Waals surface area contributed by atoms with Crippen molar-refractivity contribution in [1.29, 1.82) is 0 Å². The van der Waals surface area contributed by atoms with E-state index in [4.69, 9.17) is 10.2 Å². The Morgan fingerprint density at radius 3 is 2.84 bits per heavy atom. The maximum atomic E-state index is 6.21. The summed E-state index contributed by atoms with van der Waals surface area (Å²) in [5.41, 5.74) is 7.38. The van der Waals surface area contributed by atoms with Gasteiger partial charge in [0.25, 0.3) is 0 Å². The van der Waals surface area contributed by atoms with Gasteiger partial charge in [0.15, 0.2) is 0 Å². The number of halogens is 1. The second-order valence-electron chi connectivity index (χ2n) is 4.77. The number of hydrogen-bond donors (Lipinski definition) is 1. The fourth-order valence-electron chi connectivity index (χ4n) is 2.01. The van der Waals surface area contributed by atoms with E-state index in [1.165, 1.54) is 5.56 Å². The van der Waals surface area contributed by atoms with Crippen LogP contribution in [0.5, 0.6) is 0 Å². The zero-order valence-corrected chi connectivity index (χ0v) is 12.6. The fraction of sp³-hybridized carbons (Fsp3) is 0.333.